The zero-order valence-corrected chi connectivity index (χ0v) is 17.1. The lowest BCUT2D eigenvalue weighted by molar-refractivity contribution is -0.126. The van der Waals surface area contributed by atoms with Crippen molar-refractivity contribution in [3.8, 4) is 0 Å². The van der Waals surface area contributed by atoms with Crippen LogP contribution >= 0.6 is 23.2 Å². The lowest BCUT2D eigenvalue weighted by Gasteiger charge is -2.29. The number of hydroxylamine groups is 1. The number of rotatable bonds is 3. The second kappa shape index (κ2) is 7.43. The molecule has 7 heteroatoms. The van der Waals surface area contributed by atoms with E-state index in [0.717, 1.165) is 16.2 Å². The smallest absolute Gasteiger partial charge is 0.266 e. The molecule has 2 saturated heterocycles. The second-order valence-corrected chi connectivity index (χ2v) is 7.97. The van der Waals surface area contributed by atoms with Crippen molar-refractivity contribution in [2.45, 2.75) is 12.1 Å². The van der Waals surface area contributed by atoms with Gasteiger partial charge in [0.05, 0.1) is 27.5 Å². The van der Waals surface area contributed by atoms with Gasteiger partial charge < -0.3 is 0 Å². The summed E-state index contributed by atoms with van der Waals surface area (Å²) in [5, 5.41) is 2.13. The van der Waals surface area contributed by atoms with Crippen molar-refractivity contribution in [1.29, 1.82) is 0 Å². The van der Waals surface area contributed by atoms with Crippen LogP contribution in [0.5, 0.6) is 0 Å². The van der Waals surface area contributed by atoms with Crippen LogP contribution < -0.4 is 9.96 Å². The lowest BCUT2D eigenvalue weighted by Crippen LogP contribution is -2.37. The van der Waals surface area contributed by atoms with Gasteiger partial charge in [-0.25, -0.2) is 9.96 Å². The van der Waals surface area contributed by atoms with Gasteiger partial charge in [0, 0.05) is 0 Å². The van der Waals surface area contributed by atoms with Gasteiger partial charge in [0.2, 0.25) is 5.91 Å². The minimum atomic E-state index is -0.963. The lowest BCUT2D eigenvalue weighted by atomic mass is 9.90. The van der Waals surface area contributed by atoms with E-state index in [9.17, 15) is 9.59 Å². The molecule has 0 N–H and O–H groups in total. The topological polar surface area (TPSA) is 49.9 Å². The molecule has 2 aliphatic heterocycles. The van der Waals surface area contributed by atoms with Crippen molar-refractivity contribution >= 4 is 46.4 Å². The number of nitrogens with zero attached hydrogens (tertiary/aromatic N) is 2. The number of hydrogen-bond acceptors (Lipinski definition) is 4. The highest BCUT2D eigenvalue weighted by Gasteiger charge is 2.60. The molecule has 3 aromatic rings. The minimum absolute atomic E-state index is 0.201. The maximum Gasteiger partial charge on any atom is 0.266 e. The Morgan fingerprint density at radius 2 is 1.33 bits per heavy atom. The Balaban J connectivity index is 1.61. The van der Waals surface area contributed by atoms with Gasteiger partial charge >= 0.3 is 0 Å². The predicted molar refractivity (Wildman–Crippen MR) is 115 cm³/mol. The molecule has 3 atom stereocenters. The molecule has 150 valence electrons. The van der Waals surface area contributed by atoms with Crippen LogP contribution in [0.2, 0.25) is 10.0 Å². The van der Waals surface area contributed by atoms with Crippen LogP contribution in [0.1, 0.15) is 11.6 Å². The van der Waals surface area contributed by atoms with Crippen LogP contribution in [-0.4, -0.2) is 17.9 Å². The third kappa shape index (κ3) is 2.89. The summed E-state index contributed by atoms with van der Waals surface area (Å²) in [6.45, 7) is 0. The summed E-state index contributed by atoms with van der Waals surface area (Å²) in [4.78, 5) is 34.0. The van der Waals surface area contributed by atoms with E-state index in [1.54, 1.807) is 23.3 Å². The number of fused-ring (bicyclic) bond motifs is 1. The first-order chi connectivity index (χ1) is 14.6. The fourth-order valence-electron chi connectivity index (χ4n) is 4.13. The molecule has 30 heavy (non-hydrogen) atoms. The average molecular weight is 439 g/mol. The summed E-state index contributed by atoms with van der Waals surface area (Å²) < 4.78 is 0. The summed E-state index contributed by atoms with van der Waals surface area (Å²) in [5.74, 6) is -1.58. The summed E-state index contributed by atoms with van der Waals surface area (Å²) in [6.07, 6.45) is -0.963. The molecule has 0 unspecified atom stereocenters. The van der Waals surface area contributed by atoms with Crippen molar-refractivity contribution < 1.29 is 14.4 Å². The first-order valence-corrected chi connectivity index (χ1v) is 10.2. The quantitative estimate of drug-likeness (QED) is 0.537. The van der Waals surface area contributed by atoms with Crippen LogP contribution in [-0.2, 0) is 14.4 Å². The number of carbonyl (C=O) groups is 2. The Hall–Kier alpha value is -2.86. The number of carbonyl (C=O) groups excluding carboxylic acids is 2. The molecule has 0 aliphatic carbocycles. The van der Waals surface area contributed by atoms with Gasteiger partial charge in [-0.2, -0.15) is 0 Å². The normalized spacial score (nSPS) is 23.2. The number of benzene rings is 3. The molecule has 0 aromatic heterocycles. The Labute approximate surface area is 183 Å². The maximum absolute atomic E-state index is 13.5. The van der Waals surface area contributed by atoms with E-state index in [4.69, 9.17) is 28.0 Å². The number of para-hydroxylation sites is 2. The molecule has 0 saturated carbocycles. The van der Waals surface area contributed by atoms with Crippen LogP contribution in [0.25, 0.3) is 0 Å². The highest BCUT2D eigenvalue weighted by atomic mass is 35.5. The molecule has 2 amide bonds. The predicted octanol–water partition coefficient (Wildman–Crippen LogP) is 5.04. The van der Waals surface area contributed by atoms with E-state index < -0.39 is 24.0 Å². The number of imide groups is 1. The van der Waals surface area contributed by atoms with Crippen molar-refractivity contribution in [3.05, 3.63) is 94.5 Å². The first-order valence-electron chi connectivity index (χ1n) is 9.46. The largest absolute Gasteiger partial charge is 0.273 e. The van der Waals surface area contributed by atoms with E-state index in [0.29, 0.717) is 0 Å². The molecule has 2 aliphatic rings. The fourth-order valence-corrected chi connectivity index (χ4v) is 4.69. The van der Waals surface area contributed by atoms with Gasteiger partial charge in [-0.15, -0.1) is 0 Å². The van der Waals surface area contributed by atoms with Crippen molar-refractivity contribution in [2.24, 2.45) is 5.92 Å². The fraction of sp³-hybridized carbons (Fsp3) is 0.130. The summed E-state index contributed by atoms with van der Waals surface area (Å²) >= 11 is 12.6. The maximum atomic E-state index is 13.5. The average Bonchev–Trinajstić information content (AvgIpc) is 3.27. The Kier molecular flexibility index (Phi) is 4.74. The monoisotopic (exact) mass is 438 g/mol. The number of halogens is 2. The minimum Gasteiger partial charge on any atom is -0.273 e. The molecule has 0 bridgehead atoms. The van der Waals surface area contributed by atoms with Crippen molar-refractivity contribution in [1.82, 2.24) is 0 Å². The van der Waals surface area contributed by atoms with Crippen LogP contribution in [0, 0.1) is 5.92 Å². The highest BCUT2D eigenvalue weighted by molar-refractivity contribution is 6.42. The number of anilines is 2. The third-order valence-electron chi connectivity index (χ3n) is 5.43. The molecule has 5 rings (SSSR count). The third-order valence-corrected chi connectivity index (χ3v) is 6.04. The molecule has 0 spiro atoms. The molecule has 2 heterocycles. The molecule has 3 aromatic carbocycles. The zero-order chi connectivity index (χ0) is 20.8. The number of hydrogen-bond donors (Lipinski definition) is 0. The second-order valence-electron chi connectivity index (χ2n) is 7.15. The van der Waals surface area contributed by atoms with E-state index in [-0.39, 0.29) is 21.6 Å². The molecule has 5 nitrogen and oxygen atoms in total. The standard InChI is InChI=1S/C23H16Cl2N2O3/c24-16-12-7-13-17(25)20(16)26-22(28)18-19(14-8-3-1-4-9-14)27(30-21(18)23(26)29)15-10-5-2-6-11-15/h1-13,18-19,21H/t18-,19-,21+/m1/s1. The van der Waals surface area contributed by atoms with Gasteiger partial charge in [0.25, 0.3) is 5.91 Å². The highest BCUT2D eigenvalue weighted by Crippen LogP contribution is 2.49. The van der Waals surface area contributed by atoms with Crippen molar-refractivity contribution in [3.63, 3.8) is 0 Å². The van der Waals surface area contributed by atoms with Gasteiger partial charge in [-0.3, -0.25) is 14.4 Å². The van der Waals surface area contributed by atoms with Gasteiger partial charge in [0.1, 0.15) is 5.92 Å². The van der Waals surface area contributed by atoms with Crippen molar-refractivity contribution in [2.75, 3.05) is 9.96 Å². The van der Waals surface area contributed by atoms with Crippen LogP contribution in [0.4, 0.5) is 11.4 Å². The molecule has 0 radical (unpaired) electrons. The van der Waals surface area contributed by atoms with Gasteiger partial charge in [-0.05, 0) is 29.8 Å². The van der Waals surface area contributed by atoms with Gasteiger partial charge in [0.15, 0.2) is 6.10 Å². The van der Waals surface area contributed by atoms with Crippen LogP contribution in [0.15, 0.2) is 78.9 Å². The molecular weight excluding hydrogens is 423 g/mol. The zero-order valence-electron chi connectivity index (χ0n) is 15.6. The Morgan fingerprint density at radius 1 is 0.733 bits per heavy atom. The summed E-state index contributed by atoms with van der Waals surface area (Å²) in [6, 6.07) is 23.4. The number of amides is 2. The van der Waals surface area contributed by atoms with E-state index in [2.05, 4.69) is 0 Å². The van der Waals surface area contributed by atoms with E-state index in [1.165, 1.54) is 0 Å². The van der Waals surface area contributed by atoms with E-state index >= 15 is 0 Å². The SMILES string of the molecule is O=C1[C@H]2[C@H](ON(c3ccccc3)[C@@H]2c2ccccc2)C(=O)N1c1c(Cl)cccc1Cl. The van der Waals surface area contributed by atoms with Crippen LogP contribution in [0.3, 0.4) is 0 Å². The Bertz CT molecular complexity index is 1100. The molecular formula is C23H16Cl2N2O3. The van der Waals surface area contributed by atoms with E-state index in [1.807, 2.05) is 60.7 Å². The first kappa shape index (κ1) is 19.1. The summed E-state index contributed by atoms with van der Waals surface area (Å²) in [7, 11) is 0. The van der Waals surface area contributed by atoms with Gasteiger partial charge in [-0.1, -0.05) is 77.8 Å². The summed E-state index contributed by atoms with van der Waals surface area (Å²) in [5.41, 5.74) is 1.85. The Morgan fingerprint density at radius 3 is 1.97 bits per heavy atom. The molecule has 2 fully saturated rings.